The first kappa shape index (κ1) is 17.9. The van der Waals surface area contributed by atoms with Gasteiger partial charge in [-0.3, -0.25) is 0 Å². The van der Waals surface area contributed by atoms with E-state index in [1.165, 1.54) is 24.3 Å². The van der Waals surface area contributed by atoms with E-state index in [1.54, 1.807) is 30.3 Å². The Morgan fingerprint density at radius 1 is 0.731 bits per heavy atom. The Labute approximate surface area is 152 Å². The maximum Gasteiger partial charge on any atom is 0.134 e. The average Bonchev–Trinajstić information content (AvgIpc) is 2.65. The molecular formula is C22H20F2O2. The molecular weight excluding hydrogens is 334 g/mol. The summed E-state index contributed by atoms with van der Waals surface area (Å²) in [6.07, 6.45) is 0.956. The topological polar surface area (TPSA) is 18.5 Å². The maximum absolute atomic E-state index is 13.1. The third-order valence-electron chi connectivity index (χ3n) is 4.22. The van der Waals surface area contributed by atoms with Gasteiger partial charge in [-0.1, -0.05) is 19.9 Å². The fourth-order valence-corrected chi connectivity index (χ4v) is 2.56. The molecule has 134 valence electrons. The van der Waals surface area contributed by atoms with E-state index >= 15 is 0 Å². The lowest BCUT2D eigenvalue weighted by molar-refractivity contribution is 0.450. The van der Waals surface area contributed by atoms with Crippen LogP contribution in [0.1, 0.15) is 31.7 Å². The monoisotopic (exact) mass is 354 g/mol. The fraction of sp³-hybridized carbons (Fsp3) is 0.182. The van der Waals surface area contributed by atoms with Gasteiger partial charge in [0.05, 0.1) is 0 Å². The molecule has 0 amide bonds. The summed E-state index contributed by atoms with van der Waals surface area (Å²) in [6.45, 7) is 4.22. The standard InChI is InChI=1S/C22H20F2O2/c1-3-15(2)21-13-12-20(25-18-8-4-16(23)5-9-18)14-22(21)26-19-10-6-17(24)7-11-19/h4-15H,3H2,1-2H3. The zero-order valence-corrected chi connectivity index (χ0v) is 14.7. The summed E-state index contributed by atoms with van der Waals surface area (Å²) in [6, 6.07) is 17.3. The summed E-state index contributed by atoms with van der Waals surface area (Å²) in [5, 5.41) is 0. The van der Waals surface area contributed by atoms with Crippen molar-refractivity contribution in [1.82, 2.24) is 0 Å². The van der Waals surface area contributed by atoms with Crippen molar-refractivity contribution in [3.05, 3.63) is 83.9 Å². The number of benzene rings is 3. The molecule has 0 spiro atoms. The summed E-state index contributed by atoms with van der Waals surface area (Å²) in [4.78, 5) is 0. The van der Waals surface area contributed by atoms with Crippen LogP contribution in [0.2, 0.25) is 0 Å². The van der Waals surface area contributed by atoms with Gasteiger partial charge in [0, 0.05) is 6.07 Å². The van der Waals surface area contributed by atoms with Gasteiger partial charge in [0.15, 0.2) is 0 Å². The molecule has 0 bridgehead atoms. The van der Waals surface area contributed by atoms with Crippen LogP contribution in [0.4, 0.5) is 8.78 Å². The van der Waals surface area contributed by atoms with E-state index in [9.17, 15) is 8.78 Å². The number of hydrogen-bond donors (Lipinski definition) is 0. The molecule has 3 aromatic rings. The lowest BCUT2D eigenvalue weighted by atomic mass is 9.97. The molecule has 0 N–H and O–H groups in total. The predicted molar refractivity (Wildman–Crippen MR) is 98.1 cm³/mol. The summed E-state index contributed by atoms with van der Waals surface area (Å²) in [5.74, 6) is 2.00. The van der Waals surface area contributed by atoms with Crippen molar-refractivity contribution in [2.24, 2.45) is 0 Å². The van der Waals surface area contributed by atoms with Gasteiger partial charge in [0.2, 0.25) is 0 Å². The molecule has 0 aliphatic rings. The van der Waals surface area contributed by atoms with Crippen LogP contribution in [0.25, 0.3) is 0 Å². The van der Waals surface area contributed by atoms with Gasteiger partial charge >= 0.3 is 0 Å². The van der Waals surface area contributed by atoms with Crippen LogP contribution in [-0.2, 0) is 0 Å². The highest BCUT2D eigenvalue weighted by molar-refractivity contribution is 5.46. The average molecular weight is 354 g/mol. The summed E-state index contributed by atoms with van der Waals surface area (Å²) < 4.78 is 37.9. The minimum absolute atomic E-state index is 0.297. The van der Waals surface area contributed by atoms with Gasteiger partial charge < -0.3 is 9.47 Å². The summed E-state index contributed by atoms with van der Waals surface area (Å²) in [5.41, 5.74) is 1.04. The fourth-order valence-electron chi connectivity index (χ4n) is 2.56. The van der Waals surface area contributed by atoms with Crippen molar-refractivity contribution < 1.29 is 18.3 Å². The van der Waals surface area contributed by atoms with E-state index in [-0.39, 0.29) is 11.6 Å². The Bertz CT molecular complexity index is 858. The first-order valence-corrected chi connectivity index (χ1v) is 8.56. The predicted octanol–water partition coefficient (Wildman–Crippen LogP) is 7.06. The molecule has 0 heterocycles. The zero-order chi connectivity index (χ0) is 18.5. The minimum Gasteiger partial charge on any atom is -0.457 e. The molecule has 3 aromatic carbocycles. The second-order valence-corrected chi connectivity index (χ2v) is 6.12. The molecule has 0 aliphatic heterocycles. The van der Waals surface area contributed by atoms with Crippen molar-refractivity contribution in [3.63, 3.8) is 0 Å². The summed E-state index contributed by atoms with van der Waals surface area (Å²) >= 11 is 0. The second-order valence-electron chi connectivity index (χ2n) is 6.12. The lowest BCUT2D eigenvalue weighted by Gasteiger charge is -2.17. The SMILES string of the molecule is CCC(C)c1ccc(Oc2ccc(F)cc2)cc1Oc1ccc(F)cc1. The highest BCUT2D eigenvalue weighted by Gasteiger charge is 2.13. The van der Waals surface area contributed by atoms with Gasteiger partial charge in [0.1, 0.15) is 34.6 Å². The molecule has 1 unspecified atom stereocenters. The van der Waals surface area contributed by atoms with Crippen molar-refractivity contribution >= 4 is 0 Å². The molecule has 26 heavy (non-hydrogen) atoms. The first-order chi connectivity index (χ1) is 12.5. The van der Waals surface area contributed by atoms with Crippen LogP contribution < -0.4 is 9.47 Å². The van der Waals surface area contributed by atoms with E-state index in [4.69, 9.17) is 9.47 Å². The molecule has 0 radical (unpaired) electrons. The van der Waals surface area contributed by atoms with Gasteiger partial charge in [-0.2, -0.15) is 0 Å². The smallest absolute Gasteiger partial charge is 0.134 e. The van der Waals surface area contributed by atoms with Crippen molar-refractivity contribution in [2.75, 3.05) is 0 Å². The van der Waals surface area contributed by atoms with Gasteiger partial charge in [-0.05, 0) is 72.5 Å². The van der Waals surface area contributed by atoms with Crippen molar-refractivity contribution in [2.45, 2.75) is 26.2 Å². The number of hydrogen-bond acceptors (Lipinski definition) is 2. The largest absolute Gasteiger partial charge is 0.457 e. The lowest BCUT2D eigenvalue weighted by Crippen LogP contribution is -1.97. The molecule has 0 saturated carbocycles. The van der Waals surface area contributed by atoms with Gasteiger partial charge in [0.25, 0.3) is 0 Å². The molecule has 3 rings (SSSR count). The first-order valence-electron chi connectivity index (χ1n) is 8.56. The second kappa shape index (κ2) is 8.00. The quantitative estimate of drug-likeness (QED) is 0.471. The molecule has 0 aromatic heterocycles. The summed E-state index contributed by atoms with van der Waals surface area (Å²) in [7, 11) is 0. The Balaban J connectivity index is 1.90. The van der Waals surface area contributed by atoms with Crippen LogP contribution in [0.5, 0.6) is 23.0 Å². The number of ether oxygens (including phenoxy) is 2. The van der Waals surface area contributed by atoms with E-state index in [0.717, 1.165) is 12.0 Å². The van der Waals surface area contributed by atoms with Crippen LogP contribution >= 0.6 is 0 Å². The Kier molecular flexibility index (Phi) is 5.52. The number of rotatable bonds is 6. The Morgan fingerprint density at radius 2 is 1.23 bits per heavy atom. The van der Waals surface area contributed by atoms with E-state index < -0.39 is 0 Å². The number of halogens is 2. The zero-order valence-electron chi connectivity index (χ0n) is 14.7. The van der Waals surface area contributed by atoms with Crippen molar-refractivity contribution in [3.8, 4) is 23.0 Å². The van der Waals surface area contributed by atoms with Crippen molar-refractivity contribution in [1.29, 1.82) is 0 Å². The molecule has 0 aliphatic carbocycles. The highest BCUT2D eigenvalue weighted by atomic mass is 19.1. The third kappa shape index (κ3) is 4.39. The van der Waals surface area contributed by atoms with E-state index in [1.807, 2.05) is 12.1 Å². The highest BCUT2D eigenvalue weighted by Crippen LogP contribution is 2.36. The Hall–Kier alpha value is -2.88. The molecule has 2 nitrogen and oxygen atoms in total. The van der Waals surface area contributed by atoms with Crippen LogP contribution in [0, 0.1) is 11.6 Å². The normalized spacial score (nSPS) is 11.8. The van der Waals surface area contributed by atoms with E-state index in [2.05, 4.69) is 13.8 Å². The maximum atomic E-state index is 13.1. The van der Waals surface area contributed by atoms with Crippen LogP contribution in [0.15, 0.2) is 66.7 Å². The Morgan fingerprint density at radius 3 is 1.77 bits per heavy atom. The molecule has 1 atom stereocenters. The van der Waals surface area contributed by atoms with Crippen LogP contribution in [0.3, 0.4) is 0 Å². The molecule has 4 heteroatoms. The van der Waals surface area contributed by atoms with Crippen LogP contribution in [-0.4, -0.2) is 0 Å². The van der Waals surface area contributed by atoms with Gasteiger partial charge in [-0.15, -0.1) is 0 Å². The third-order valence-corrected chi connectivity index (χ3v) is 4.22. The molecule has 0 saturated heterocycles. The molecule has 0 fully saturated rings. The van der Waals surface area contributed by atoms with E-state index in [0.29, 0.717) is 28.9 Å². The minimum atomic E-state index is -0.315. The van der Waals surface area contributed by atoms with Gasteiger partial charge in [-0.25, -0.2) is 8.78 Å².